The van der Waals surface area contributed by atoms with Crippen molar-refractivity contribution in [2.45, 2.75) is 78.3 Å². The highest BCUT2D eigenvalue weighted by atomic mass is 32.1. The summed E-state index contributed by atoms with van der Waals surface area (Å²) in [5, 5.41) is 14.0. The maximum atomic E-state index is 13.8. The lowest BCUT2D eigenvalue weighted by molar-refractivity contribution is -0.116. The molecule has 9 heteroatoms. The van der Waals surface area contributed by atoms with Crippen LogP contribution in [0.2, 0.25) is 0 Å². The molecule has 0 saturated carbocycles. The van der Waals surface area contributed by atoms with Crippen LogP contribution in [0.25, 0.3) is 10.2 Å². The van der Waals surface area contributed by atoms with Gasteiger partial charge in [0, 0.05) is 9.75 Å². The molecule has 0 radical (unpaired) electrons. The summed E-state index contributed by atoms with van der Waals surface area (Å²) < 4.78 is 1.57. The summed E-state index contributed by atoms with van der Waals surface area (Å²) in [5.74, 6) is 0.346. The van der Waals surface area contributed by atoms with E-state index in [4.69, 9.17) is 4.98 Å². The Bertz CT molecular complexity index is 1370. The van der Waals surface area contributed by atoms with Crippen molar-refractivity contribution >= 4 is 43.8 Å². The van der Waals surface area contributed by atoms with Gasteiger partial charge in [-0.2, -0.15) is 5.26 Å². The number of hydrogen-bond donors (Lipinski definition) is 1. The fourth-order valence-corrected chi connectivity index (χ4v) is 7.82. The van der Waals surface area contributed by atoms with Crippen LogP contribution in [0.3, 0.4) is 0 Å². The van der Waals surface area contributed by atoms with Gasteiger partial charge in [0.1, 0.15) is 28.3 Å². The van der Waals surface area contributed by atoms with Gasteiger partial charge in [-0.15, -0.1) is 22.7 Å². The van der Waals surface area contributed by atoms with Crippen molar-refractivity contribution in [2.24, 2.45) is 0 Å². The predicted molar refractivity (Wildman–Crippen MR) is 141 cm³/mol. The molecule has 3 aromatic rings. The zero-order valence-electron chi connectivity index (χ0n) is 20.4. The number of thiophene rings is 2. The van der Waals surface area contributed by atoms with Crippen molar-refractivity contribution in [1.29, 1.82) is 5.26 Å². The molecule has 0 atom stereocenters. The van der Waals surface area contributed by atoms with Gasteiger partial charge in [0.2, 0.25) is 5.91 Å². The van der Waals surface area contributed by atoms with Gasteiger partial charge in [-0.25, -0.2) is 4.98 Å². The molecule has 0 aliphatic heterocycles. The number of anilines is 1. The Morgan fingerprint density at radius 3 is 2.40 bits per heavy atom. The summed E-state index contributed by atoms with van der Waals surface area (Å²) >= 11 is 3.15. The number of fused-ring (bicyclic) bond motifs is 4. The Hall–Kier alpha value is -2.54. The van der Waals surface area contributed by atoms with Crippen LogP contribution in [0.1, 0.15) is 71.8 Å². The van der Waals surface area contributed by atoms with Crippen LogP contribution in [0.4, 0.5) is 5.00 Å². The second-order valence-electron chi connectivity index (χ2n) is 9.35. The third-order valence-electron chi connectivity index (χ3n) is 7.25. The number of rotatable bonds is 7. The molecule has 3 aromatic heterocycles. The number of nitrogens with one attached hydrogen (secondary N) is 1. The van der Waals surface area contributed by atoms with E-state index >= 15 is 0 Å². The number of aryl methyl sites for hydroxylation is 3. The Labute approximate surface area is 213 Å². The molecule has 0 bridgehead atoms. The SMILES string of the molecule is CCN(CC)Cc1nc2sc3c(c2c(=O)n1CC(=O)Nc1sc2c(c1C#N)CCCC2)CCCC3. The molecule has 1 amide bonds. The van der Waals surface area contributed by atoms with E-state index in [2.05, 4.69) is 30.1 Å². The number of amides is 1. The lowest BCUT2D eigenvalue weighted by atomic mass is 9.96. The van der Waals surface area contributed by atoms with Gasteiger partial charge in [0.25, 0.3) is 5.56 Å². The average molecular weight is 510 g/mol. The Kier molecular flexibility index (Phi) is 7.05. The topological polar surface area (TPSA) is 91.0 Å². The molecule has 0 fully saturated rings. The third-order valence-corrected chi connectivity index (χ3v) is 9.64. The number of nitrogens with zero attached hydrogens (tertiary/aromatic N) is 4. The van der Waals surface area contributed by atoms with Gasteiger partial charge >= 0.3 is 0 Å². The van der Waals surface area contributed by atoms with Crippen molar-refractivity contribution < 1.29 is 4.79 Å². The number of carbonyl (C=O) groups excluding carboxylic acids is 1. The maximum absolute atomic E-state index is 13.8. The fraction of sp³-hybridized carbons (Fsp3) is 0.538. The number of carbonyl (C=O) groups is 1. The summed E-state index contributed by atoms with van der Waals surface area (Å²) in [5.41, 5.74) is 2.70. The highest BCUT2D eigenvalue weighted by Crippen LogP contribution is 2.38. The third kappa shape index (κ3) is 4.55. The monoisotopic (exact) mass is 509 g/mol. The maximum Gasteiger partial charge on any atom is 0.263 e. The molecule has 2 aliphatic rings. The van der Waals surface area contributed by atoms with Crippen molar-refractivity contribution in [3.63, 3.8) is 0 Å². The quantitative estimate of drug-likeness (QED) is 0.501. The molecule has 0 spiro atoms. The first-order valence-corrected chi connectivity index (χ1v) is 14.3. The van der Waals surface area contributed by atoms with Crippen LogP contribution in [-0.2, 0) is 43.6 Å². The molecule has 3 heterocycles. The average Bonchev–Trinajstić information content (AvgIpc) is 3.41. The van der Waals surface area contributed by atoms with Crippen molar-refractivity contribution in [1.82, 2.24) is 14.5 Å². The predicted octanol–water partition coefficient (Wildman–Crippen LogP) is 4.63. The molecule has 0 saturated heterocycles. The van der Waals surface area contributed by atoms with Crippen molar-refractivity contribution in [2.75, 3.05) is 18.4 Å². The van der Waals surface area contributed by atoms with Gasteiger partial charge in [0.15, 0.2) is 0 Å². The number of nitriles is 1. The summed E-state index contributed by atoms with van der Waals surface area (Å²) in [7, 11) is 0. The first-order valence-electron chi connectivity index (χ1n) is 12.6. The fourth-order valence-electron chi connectivity index (χ4n) is 5.29. The van der Waals surface area contributed by atoms with E-state index in [0.717, 1.165) is 80.4 Å². The molecule has 184 valence electrons. The lowest BCUT2D eigenvalue weighted by Gasteiger charge is -2.20. The lowest BCUT2D eigenvalue weighted by Crippen LogP contribution is -2.34. The minimum Gasteiger partial charge on any atom is -0.315 e. The van der Waals surface area contributed by atoms with Crippen molar-refractivity contribution in [3.05, 3.63) is 42.6 Å². The molecule has 35 heavy (non-hydrogen) atoms. The van der Waals surface area contributed by atoms with E-state index in [1.54, 1.807) is 15.9 Å². The second kappa shape index (κ2) is 10.2. The summed E-state index contributed by atoms with van der Waals surface area (Å²) in [6.45, 7) is 6.26. The molecule has 2 aliphatic carbocycles. The van der Waals surface area contributed by atoms with Crippen LogP contribution in [0.15, 0.2) is 4.79 Å². The van der Waals surface area contributed by atoms with Gasteiger partial charge < -0.3 is 5.32 Å². The molecule has 0 unspecified atom stereocenters. The zero-order valence-corrected chi connectivity index (χ0v) is 22.0. The molecular weight excluding hydrogens is 478 g/mol. The molecule has 7 nitrogen and oxygen atoms in total. The largest absolute Gasteiger partial charge is 0.315 e. The van der Waals surface area contributed by atoms with E-state index < -0.39 is 0 Å². The Morgan fingerprint density at radius 1 is 1.06 bits per heavy atom. The summed E-state index contributed by atoms with van der Waals surface area (Å²) in [4.78, 5) is 37.5. The number of hydrogen-bond acceptors (Lipinski definition) is 7. The van der Waals surface area contributed by atoms with E-state index in [-0.39, 0.29) is 18.0 Å². The molecular formula is C26H31N5O2S2. The van der Waals surface area contributed by atoms with Crippen LogP contribution >= 0.6 is 22.7 Å². The minimum absolute atomic E-state index is 0.101. The minimum atomic E-state index is -0.284. The standard InChI is InChI=1S/C26H31N5O2S2/c1-3-30(4-2)14-21-28-25-23(17-10-6-8-12-20(17)35-25)26(33)31(21)15-22(32)29-24-18(13-27)16-9-5-7-11-19(16)34-24/h3-12,14-15H2,1-2H3,(H,29,32). The van der Waals surface area contributed by atoms with Crippen LogP contribution < -0.4 is 10.9 Å². The van der Waals surface area contributed by atoms with E-state index in [1.165, 1.54) is 21.1 Å². The normalized spacial score (nSPS) is 15.1. The van der Waals surface area contributed by atoms with Gasteiger partial charge in [-0.3, -0.25) is 19.1 Å². The van der Waals surface area contributed by atoms with E-state index in [9.17, 15) is 14.9 Å². The van der Waals surface area contributed by atoms with Gasteiger partial charge in [-0.05, 0) is 75.6 Å². The van der Waals surface area contributed by atoms with Crippen LogP contribution in [-0.4, -0.2) is 33.4 Å². The van der Waals surface area contributed by atoms with E-state index in [1.807, 2.05) is 0 Å². The van der Waals surface area contributed by atoms with Crippen molar-refractivity contribution in [3.8, 4) is 6.07 Å². The first kappa shape index (κ1) is 24.2. The van der Waals surface area contributed by atoms with E-state index in [0.29, 0.717) is 28.3 Å². The van der Waals surface area contributed by atoms with Gasteiger partial charge in [0.05, 0.1) is 17.5 Å². The zero-order chi connectivity index (χ0) is 24.5. The van der Waals surface area contributed by atoms with Gasteiger partial charge in [-0.1, -0.05) is 13.8 Å². The highest BCUT2D eigenvalue weighted by Gasteiger charge is 2.25. The molecule has 1 N–H and O–H groups in total. The smallest absolute Gasteiger partial charge is 0.263 e. The summed E-state index contributed by atoms with van der Waals surface area (Å²) in [6.07, 6.45) is 8.18. The van der Waals surface area contributed by atoms with Crippen LogP contribution in [0, 0.1) is 11.3 Å². The number of aromatic nitrogens is 2. The van der Waals surface area contributed by atoms with Crippen LogP contribution in [0.5, 0.6) is 0 Å². The Morgan fingerprint density at radius 2 is 1.71 bits per heavy atom. The summed E-state index contributed by atoms with van der Waals surface area (Å²) in [6, 6.07) is 2.30. The Balaban J connectivity index is 1.51. The second-order valence-corrected chi connectivity index (χ2v) is 11.5. The molecule has 5 rings (SSSR count). The molecule has 0 aromatic carbocycles. The highest BCUT2D eigenvalue weighted by molar-refractivity contribution is 7.18. The first-order chi connectivity index (χ1) is 17.0.